The van der Waals surface area contributed by atoms with Gasteiger partial charge in [0, 0.05) is 12.5 Å². The molecule has 1 aliphatic carbocycles. The first kappa shape index (κ1) is 12.3. The van der Waals surface area contributed by atoms with Crippen LogP contribution in [-0.2, 0) is 4.79 Å². The minimum absolute atomic E-state index is 0.241. The quantitative estimate of drug-likeness (QED) is 0.780. The number of carbonyl (C=O) groups excluding carboxylic acids is 1. The summed E-state index contributed by atoms with van der Waals surface area (Å²) in [5.74, 6) is -0.744. The topological polar surface area (TPSA) is 40.5 Å². The molecule has 0 unspecified atom stereocenters. The van der Waals surface area contributed by atoms with Crippen LogP contribution >= 0.6 is 0 Å². The second-order valence-corrected chi connectivity index (χ2v) is 3.73. The highest BCUT2D eigenvalue weighted by molar-refractivity contribution is 5.79. The van der Waals surface area contributed by atoms with Gasteiger partial charge in [-0.25, -0.2) is 0 Å². The number of aliphatic hydroxyl groups is 1. The van der Waals surface area contributed by atoms with Crippen molar-refractivity contribution in [3.8, 4) is 0 Å². The summed E-state index contributed by atoms with van der Waals surface area (Å²) in [5, 5.41) is 8.59. The zero-order valence-electron chi connectivity index (χ0n) is 8.26. The summed E-state index contributed by atoms with van der Waals surface area (Å²) in [6.45, 7) is -1.94. The molecule has 1 amide bonds. The number of rotatable bonds is 4. The lowest BCUT2D eigenvalue weighted by Crippen LogP contribution is -2.45. The summed E-state index contributed by atoms with van der Waals surface area (Å²) in [5.41, 5.74) is 0. The Labute approximate surface area is 85.9 Å². The number of carbonyl (C=O) groups is 1. The zero-order valence-corrected chi connectivity index (χ0v) is 8.26. The van der Waals surface area contributed by atoms with Crippen molar-refractivity contribution in [2.75, 3.05) is 19.7 Å². The second-order valence-electron chi connectivity index (χ2n) is 3.73. The Morgan fingerprint density at radius 1 is 1.40 bits per heavy atom. The number of amides is 1. The number of hydrogen-bond acceptors (Lipinski definition) is 2. The normalized spacial score (nSPS) is 17.3. The van der Waals surface area contributed by atoms with E-state index in [2.05, 4.69) is 0 Å². The van der Waals surface area contributed by atoms with Crippen LogP contribution in [0.4, 0.5) is 13.2 Å². The van der Waals surface area contributed by atoms with Gasteiger partial charge < -0.3 is 10.0 Å². The molecule has 0 aliphatic heterocycles. The molecule has 88 valence electrons. The molecule has 1 rings (SSSR count). The van der Waals surface area contributed by atoms with E-state index in [1.54, 1.807) is 0 Å². The average Bonchev–Trinajstić information content (AvgIpc) is 1.97. The third-order valence-corrected chi connectivity index (χ3v) is 2.51. The molecule has 0 aromatic heterocycles. The van der Waals surface area contributed by atoms with E-state index >= 15 is 0 Å². The molecular formula is C9H14F3NO2. The molecule has 1 fully saturated rings. The van der Waals surface area contributed by atoms with Gasteiger partial charge in [0.1, 0.15) is 6.54 Å². The molecule has 0 heterocycles. The summed E-state index contributed by atoms with van der Waals surface area (Å²) in [6, 6.07) is 0. The van der Waals surface area contributed by atoms with Crippen LogP contribution in [0.5, 0.6) is 0 Å². The predicted octanol–water partition coefficient (Wildman–Crippen LogP) is 1.17. The van der Waals surface area contributed by atoms with Crippen LogP contribution in [0.3, 0.4) is 0 Å². The van der Waals surface area contributed by atoms with Crippen molar-refractivity contribution in [1.29, 1.82) is 0 Å². The van der Waals surface area contributed by atoms with Crippen molar-refractivity contribution in [2.24, 2.45) is 5.92 Å². The number of hydrogen-bond donors (Lipinski definition) is 1. The third kappa shape index (κ3) is 3.70. The standard InChI is InChI=1S/C9H14F3NO2/c10-9(11,12)6-13(4-5-14)8(15)7-2-1-3-7/h7,14H,1-6H2. The Morgan fingerprint density at radius 3 is 2.33 bits per heavy atom. The molecule has 6 heteroatoms. The monoisotopic (exact) mass is 225 g/mol. The van der Waals surface area contributed by atoms with Crippen molar-refractivity contribution in [2.45, 2.75) is 25.4 Å². The molecule has 0 spiro atoms. The van der Waals surface area contributed by atoms with Crippen LogP contribution in [0, 0.1) is 5.92 Å². The summed E-state index contributed by atoms with van der Waals surface area (Å²) in [4.78, 5) is 12.2. The maximum atomic E-state index is 12.1. The second kappa shape index (κ2) is 4.83. The van der Waals surface area contributed by atoms with Gasteiger partial charge in [0.05, 0.1) is 6.61 Å². The molecule has 0 aromatic carbocycles. The fourth-order valence-electron chi connectivity index (χ4n) is 1.52. The molecule has 0 saturated heterocycles. The Morgan fingerprint density at radius 2 is 2.00 bits per heavy atom. The van der Waals surface area contributed by atoms with E-state index in [0.717, 1.165) is 6.42 Å². The smallest absolute Gasteiger partial charge is 0.395 e. The van der Waals surface area contributed by atoms with Crippen LogP contribution in [0.15, 0.2) is 0 Å². The highest BCUT2D eigenvalue weighted by atomic mass is 19.4. The number of halogens is 3. The summed E-state index contributed by atoms with van der Waals surface area (Å²) in [7, 11) is 0. The van der Waals surface area contributed by atoms with Crippen molar-refractivity contribution in [3.63, 3.8) is 0 Å². The van der Waals surface area contributed by atoms with Gasteiger partial charge in [0.25, 0.3) is 0 Å². The van der Waals surface area contributed by atoms with Crippen molar-refractivity contribution >= 4 is 5.91 Å². The van der Waals surface area contributed by atoms with Gasteiger partial charge >= 0.3 is 6.18 Å². The fourth-order valence-corrected chi connectivity index (χ4v) is 1.52. The third-order valence-electron chi connectivity index (χ3n) is 2.51. The van der Waals surface area contributed by atoms with Crippen LogP contribution in [0.2, 0.25) is 0 Å². The highest BCUT2D eigenvalue weighted by Crippen LogP contribution is 2.29. The van der Waals surface area contributed by atoms with Crippen molar-refractivity contribution < 1.29 is 23.1 Å². The van der Waals surface area contributed by atoms with E-state index in [4.69, 9.17) is 5.11 Å². The highest BCUT2D eigenvalue weighted by Gasteiger charge is 2.36. The predicted molar refractivity (Wildman–Crippen MR) is 47.1 cm³/mol. The first-order chi connectivity index (χ1) is 6.94. The number of nitrogens with zero attached hydrogens (tertiary/aromatic N) is 1. The SMILES string of the molecule is O=C(C1CCC1)N(CCO)CC(F)(F)F. The first-order valence-electron chi connectivity index (χ1n) is 4.90. The van der Waals surface area contributed by atoms with Crippen LogP contribution < -0.4 is 0 Å². The van der Waals surface area contributed by atoms with E-state index in [1.807, 2.05) is 0 Å². The molecule has 0 aromatic rings. The van der Waals surface area contributed by atoms with Crippen LogP contribution in [0.1, 0.15) is 19.3 Å². The lowest BCUT2D eigenvalue weighted by molar-refractivity contribution is -0.166. The van der Waals surface area contributed by atoms with Crippen molar-refractivity contribution in [3.05, 3.63) is 0 Å². The molecular weight excluding hydrogens is 211 g/mol. The average molecular weight is 225 g/mol. The van der Waals surface area contributed by atoms with E-state index in [-0.39, 0.29) is 12.5 Å². The largest absolute Gasteiger partial charge is 0.406 e. The van der Waals surface area contributed by atoms with Gasteiger partial charge in [0.15, 0.2) is 0 Å². The molecule has 1 aliphatic rings. The van der Waals surface area contributed by atoms with E-state index in [1.165, 1.54) is 0 Å². The Bertz CT molecular complexity index is 226. The maximum absolute atomic E-state index is 12.1. The molecule has 3 nitrogen and oxygen atoms in total. The van der Waals surface area contributed by atoms with Gasteiger partial charge in [-0.05, 0) is 12.8 Å². The lowest BCUT2D eigenvalue weighted by Gasteiger charge is -2.31. The van der Waals surface area contributed by atoms with Crippen LogP contribution in [-0.4, -0.2) is 41.8 Å². The minimum atomic E-state index is -4.39. The first-order valence-corrected chi connectivity index (χ1v) is 4.90. The summed E-state index contributed by atoms with van der Waals surface area (Å²) >= 11 is 0. The van der Waals surface area contributed by atoms with E-state index in [9.17, 15) is 18.0 Å². The van der Waals surface area contributed by atoms with Gasteiger partial charge in [-0.2, -0.15) is 13.2 Å². The van der Waals surface area contributed by atoms with Gasteiger partial charge in [-0.15, -0.1) is 0 Å². The molecule has 1 saturated carbocycles. The Hall–Kier alpha value is -0.780. The van der Waals surface area contributed by atoms with Crippen molar-refractivity contribution in [1.82, 2.24) is 4.90 Å². The molecule has 0 bridgehead atoms. The number of aliphatic hydroxyl groups excluding tert-OH is 1. The van der Waals surface area contributed by atoms with Crippen LogP contribution in [0.25, 0.3) is 0 Å². The Balaban J connectivity index is 2.51. The molecule has 1 N–H and O–H groups in total. The maximum Gasteiger partial charge on any atom is 0.406 e. The van der Waals surface area contributed by atoms with E-state index < -0.39 is 25.2 Å². The van der Waals surface area contributed by atoms with Gasteiger partial charge in [0.2, 0.25) is 5.91 Å². The van der Waals surface area contributed by atoms with E-state index in [0.29, 0.717) is 17.7 Å². The molecule has 15 heavy (non-hydrogen) atoms. The van der Waals surface area contributed by atoms with Gasteiger partial charge in [-0.1, -0.05) is 6.42 Å². The van der Waals surface area contributed by atoms with Gasteiger partial charge in [-0.3, -0.25) is 4.79 Å². The molecule has 0 atom stereocenters. The lowest BCUT2D eigenvalue weighted by atomic mass is 9.84. The summed E-state index contributed by atoms with van der Waals surface area (Å²) < 4.78 is 36.3. The number of alkyl halides is 3. The zero-order chi connectivity index (χ0) is 11.5. The Kier molecular flexibility index (Phi) is 3.96. The minimum Gasteiger partial charge on any atom is -0.395 e. The molecule has 0 radical (unpaired) electrons. The summed E-state index contributed by atoms with van der Waals surface area (Å²) in [6.07, 6.45) is -2.17. The fraction of sp³-hybridized carbons (Fsp3) is 0.889.